The Kier molecular flexibility index (Phi) is 3.38. The molecular formula is C12H19NO4. The molecule has 2 aliphatic rings. The van der Waals surface area contributed by atoms with E-state index in [9.17, 15) is 14.7 Å². The molecule has 0 aromatic heterocycles. The van der Waals surface area contributed by atoms with Gasteiger partial charge < -0.3 is 15.5 Å². The van der Waals surface area contributed by atoms with Gasteiger partial charge in [0.2, 0.25) is 5.91 Å². The van der Waals surface area contributed by atoms with Gasteiger partial charge in [-0.25, -0.2) is 0 Å². The maximum atomic E-state index is 11.6. The Hall–Kier alpha value is -1.10. The van der Waals surface area contributed by atoms with E-state index in [1.54, 1.807) is 0 Å². The molecule has 0 radical (unpaired) electrons. The van der Waals surface area contributed by atoms with Crippen LogP contribution in [0.2, 0.25) is 0 Å². The van der Waals surface area contributed by atoms with Gasteiger partial charge in [-0.1, -0.05) is 19.3 Å². The summed E-state index contributed by atoms with van der Waals surface area (Å²) in [6.45, 7) is 0.259. The molecule has 0 saturated heterocycles. The molecule has 2 unspecified atom stereocenters. The molecule has 0 heterocycles. The van der Waals surface area contributed by atoms with Crippen LogP contribution in [-0.2, 0) is 9.59 Å². The van der Waals surface area contributed by atoms with Crippen molar-refractivity contribution in [3.63, 3.8) is 0 Å². The third-order valence-corrected chi connectivity index (χ3v) is 3.82. The van der Waals surface area contributed by atoms with Crippen LogP contribution in [0, 0.1) is 11.8 Å². The van der Waals surface area contributed by atoms with Crippen molar-refractivity contribution in [2.75, 3.05) is 6.54 Å². The summed E-state index contributed by atoms with van der Waals surface area (Å²) in [4.78, 5) is 22.2. The normalized spacial score (nSPS) is 30.6. The Morgan fingerprint density at radius 3 is 2.35 bits per heavy atom. The van der Waals surface area contributed by atoms with E-state index in [0.29, 0.717) is 6.42 Å². The lowest BCUT2D eigenvalue weighted by Gasteiger charge is -2.32. The lowest BCUT2D eigenvalue weighted by Crippen LogP contribution is -2.44. The Balaban J connectivity index is 1.75. The summed E-state index contributed by atoms with van der Waals surface area (Å²) < 4.78 is 0. The van der Waals surface area contributed by atoms with Crippen LogP contribution in [0.3, 0.4) is 0 Å². The minimum atomic E-state index is -0.901. The molecule has 0 aromatic carbocycles. The smallest absolute Gasteiger partial charge is 0.307 e. The number of hydrogen-bond acceptors (Lipinski definition) is 3. The number of nitrogens with one attached hydrogen (secondary N) is 1. The van der Waals surface area contributed by atoms with E-state index in [0.717, 1.165) is 32.1 Å². The molecule has 0 bridgehead atoms. The standard InChI is InChI=1S/C12H19NO4/c14-10(8-6-9(8)11(15)16)13-7-12(17)4-2-1-3-5-12/h8-9,17H,1-7H2,(H,13,14)(H,15,16). The fourth-order valence-electron chi connectivity index (χ4n) is 2.53. The third kappa shape index (κ3) is 2.97. The van der Waals surface area contributed by atoms with Gasteiger partial charge in [0.05, 0.1) is 17.4 Å². The summed E-state index contributed by atoms with van der Waals surface area (Å²) >= 11 is 0. The van der Waals surface area contributed by atoms with E-state index in [-0.39, 0.29) is 18.4 Å². The number of aliphatic hydroxyl groups is 1. The molecule has 0 aromatic rings. The number of rotatable bonds is 4. The highest BCUT2D eigenvalue weighted by Gasteiger charge is 2.48. The Bertz CT molecular complexity index is 322. The zero-order valence-electron chi connectivity index (χ0n) is 9.82. The number of hydrogen-bond donors (Lipinski definition) is 3. The highest BCUT2D eigenvalue weighted by Crippen LogP contribution is 2.38. The molecule has 96 valence electrons. The van der Waals surface area contributed by atoms with Crippen molar-refractivity contribution in [3.8, 4) is 0 Å². The van der Waals surface area contributed by atoms with Gasteiger partial charge in [0.1, 0.15) is 0 Å². The van der Waals surface area contributed by atoms with Gasteiger partial charge in [0.25, 0.3) is 0 Å². The number of aliphatic carboxylic acids is 1. The minimum absolute atomic E-state index is 0.226. The van der Waals surface area contributed by atoms with Gasteiger partial charge in [-0.2, -0.15) is 0 Å². The fraction of sp³-hybridized carbons (Fsp3) is 0.833. The van der Waals surface area contributed by atoms with Crippen molar-refractivity contribution in [2.45, 2.75) is 44.1 Å². The van der Waals surface area contributed by atoms with Gasteiger partial charge in [0, 0.05) is 6.54 Å². The molecule has 0 spiro atoms. The Morgan fingerprint density at radius 2 is 1.82 bits per heavy atom. The summed E-state index contributed by atoms with van der Waals surface area (Å²) in [5, 5.41) is 21.6. The first kappa shape index (κ1) is 12.4. The number of carboxylic acids is 1. The largest absolute Gasteiger partial charge is 0.481 e. The molecule has 3 N–H and O–H groups in total. The van der Waals surface area contributed by atoms with E-state index in [1.165, 1.54) is 0 Å². The second-order valence-electron chi connectivity index (χ2n) is 5.29. The molecule has 2 fully saturated rings. The van der Waals surface area contributed by atoms with Crippen molar-refractivity contribution in [3.05, 3.63) is 0 Å². The van der Waals surface area contributed by atoms with Gasteiger partial charge >= 0.3 is 5.97 Å². The Morgan fingerprint density at radius 1 is 1.18 bits per heavy atom. The third-order valence-electron chi connectivity index (χ3n) is 3.82. The van der Waals surface area contributed by atoms with Crippen molar-refractivity contribution in [2.24, 2.45) is 11.8 Å². The van der Waals surface area contributed by atoms with Crippen LogP contribution in [0.25, 0.3) is 0 Å². The van der Waals surface area contributed by atoms with Crippen molar-refractivity contribution in [1.82, 2.24) is 5.32 Å². The van der Waals surface area contributed by atoms with Gasteiger partial charge in [0.15, 0.2) is 0 Å². The van der Waals surface area contributed by atoms with Crippen LogP contribution in [0.1, 0.15) is 38.5 Å². The quantitative estimate of drug-likeness (QED) is 0.669. The number of carbonyl (C=O) groups excluding carboxylic acids is 1. The van der Waals surface area contributed by atoms with Crippen molar-refractivity contribution >= 4 is 11.9 Å². The zero-order valence-corrected chi connectivity index (χ0v) is 9.82. The van der Waals surface area contributed by atoms with Crippen LogP contribution in [0.4, 0.5) is 0 Å². The van der Waals surface area contributed by atoms with Gasteiger partial charge in [-0.3, -0.25) is 9.59 Å². The molecule has 5 heteroatoms. The highest BCUT2D eigenvalue weighted by atomic mass is 16.4. The second kappa shape index (κ2) is 4.64. The maximum absolute atomic E-state index is 11.6. The first-order valence-corrected chi connectivity index (χ1v) is 6.25. The molecular weight excluding hydrogens is 222 g/mol. The van der Waals surface area contributed by atoms with Crippen LogP contribution < -0.4 is 5.32 Å². The summed E-state index contributed by atoms with van der Waals surface area (Å²) in [6, 6.07) is 0. The van der Waals surface area contributed by atoms with Crippen LogP contribution in [-0.4, -0.2) is 34.2 Å². The van der Waals surface area contributed by atoms with E-state index < -0.39 is 17.5 Å². The summed E-state index contributed by atoms with van der Waals surface area (Å²) in [6.07, 6.45) is 5.00. The summed E-state index contributed by atoms with van der Waals surface area (Å²) in [5.74, 6) is -2.03. The first-order valence-electron chi connectivity index (χ1n) is 6.25. The molecule has 2 aliphatic carbocycles. The molecule has 2 atom stereocenters. The number of amides is 1. The fourth-order valence-corrected chi connectivity index (χ4v) is 2.53. The van der Waals surface area contributed by atoms with Crippen LogP contribution >= 0.6 is 0 Å². The topological polar surface area (TPSA) is 86.6 Å². The van der Waals surface area contributed by atoms with E-state index in [1.807, 2.05) is 0 Å². The summed E-state index contributed by atoms with van der Waals surface area (Å²) in [7, 11) is 0. The van der Waals surface area contributed by atoms with Crippen LogP contribution in [0.5, 0.6) is 0 Å². The highest BCUT2D eigenvalue weighted by molar-refractivity contribution is 5.89. The lowest BCUT2D eigenvalue weighted by atomic mass is 9.85. The SMILES string of the molecule is O=C(O)C1CC1C(=O)NCC1(O)CCCCC1. The molecule has 17 heavy (non-hydrogen) atoms. The van der Waals surface area contributed by atoms with Crippen molar-refractivity contribution in [1.29, 1.82) is 0 Å². The Labute approximate surface area is 100 Å². The molecule has 2 saturated carbocycles. The second-order valence-corrected chi connectivity index (χ2v) is 5.29. The molecule has 0 aliphatic heterocycles. The summed E-state index contributed by atoms with van der Waals surface area (Å²) in [5.41, 5.74) is -0.776. The average molecular weight is 241 g/mol. The number of carboxylic acid groups (broad SMARTS) is 1. The van der Waals surface area contributed by atoms with E-state index >= 15 is 0 Å². The lowest BCUT2D eigenvalue weighted by molar-refractivity contribution is -0.140. The van der Waals surface area contributed by atoms with Crippen molar-refractivity contribution < 1.29 is 19.8 Å². The molecule has 5 nitrogen and oxygen atoms in total. The zero-order chi connectivity index (χ0) is 12.5. The minimum Gasteiger partial charge on any atom is -0.481 e. The first-order chi connectivity index (χ1) is 8.02. The van der Waals surface area contributed by atoms with Gasteiger partial charge in [-0.15, -0.1) is 0 Å². The van der Waals surface area contributed by atoms with Gasteiger partial charge in [-0.05, 0) is 19.3 Å². The predicted molar refractivity (Wildman–Crippen MR) is 60.3 cm³/mol. The van der Waals surface area contributed by atoms with E-state index in [4.69, 9.17) is 5.11 Å². The predicted octanol–water partition coefficient (Wildman–Crippen LogP) is 0.518. The monoisotopic (exact) mass is 241 g/mol. The maximum Gasteiger partial charge on any atom is 0.307 e. The average Bonchev–Trinajstić information content (AvgIpc) is 3.07. The molecule has 2 rings (SSSR count). The van der Waals surface area contributed by atoms with Crippen LogP contribution in [0.15, 0.2) is 0 Å². The number of carbonyl (C=O) groups is 2. The van der Waals surface area contributed by atoms with E-state index in [2.05, 4.69) is 5.32 Å². The molecule has 1 amide bonds.